The smallest absolute Gasteiger partial charge is 0.449 e. The number of amides is 1. The summed E-state index contributed by atoms with van der Waals surface area (Å²) in [6, 6.07) is -0.497. The third-order valence-electron chi connectivity index (χ3n) is 4.05. The van der Waals surface area contributed by atoms with Crippen LogP contribution in [-0.2, 0) is 9.53 Å². The molecule has 4 heterocycles. The predicted octanol–water partition coefficient (Wildman–Crippen LogP) is 2.27. The van der Waals surface area contributed by atoms with Crippen LogP contribution < -0.4 is 5.32 Å². The van der Waals surface area contributed by atoms with Gasteiger partial charge in [-0.15, -0.1) is 22.0 Å². The highest BCUT2D eigenvalue weighted by Gasteiger charge is 2.53. The van der Waals surface area contributed by atoms with Crippen LogP contribution in [0.1, 0.15) is 10.7 Å². The molecule has 1 fully saturated rings. The lowest BCUT2D eigenvalue weighted by molar-refractivity contribution is -0.143. The number of hydrogen-bond donors (Lipinski definition) is 3. The van der Waals surface area contributed by atoms with Crippen LogP contribution in [0.5, 0.6) is 0 Å². The van der Waals surface area contributed by atoms with Crippen molar-refractivity contribution in [1.29, 1.82) is 0 Å². The van der Waals surface area contributed by atoms with Gasteiger partial charge in [0.25, 0.3) is 5.91 Å². The van der Waals surface area contributed by atoms with E-state index in [1.807, 2.05) is 13.8 Å². The molecule has 1 saturated heterocycles. The number of aryl methyl sites for hydroxylation is 2. The third kappa shape index (κ3) is 3.69. The molecular formula is C15H16N6O4S3. The molecule has 10 nitrogen and oxygen atoms in total. The number of thioether (sulfide) groups is 2. The quantitative estimate of drug-likeness (QED) is 0.349. The highest BCUT2D eigenvalue weighted by molar-refractivity contribution is 8.01. The Morgan fingerprint density at radius 3 is 2.96 bits per heavy atom. The Labute approximate surface area is 172 Å². The molecule has 2 aliphatic rings. The van der Waals surface area contributed by atoms with E-state index in [0.29, 0.717) is 17.5 Å². The minimum Gasteiger partial charge on any atom is -0.449 e. The van der Waals surface area contributed by atoms with E-state index >= 15 is 0 Å². The van der Waals surface area contributed by atoms with E-state index < -0.39 is 12.2 Å². The average molecular weight is 441 g/mol. The van der Waals surface area contributed by atoms with Gasteiger partial charge < -0.3 is 20.1 Å². The number of aromatic nitrogens is 4. The van der Waals surface area contributed by atoms with E-state index in [0.717, 1.165) is 20.6 Å². The van der Waals surface area contributed by atoms with Crippen molar-refractivity contribution >= 4 is 52.9 Å². The maximum atomic E-state index is 12.7. The van der Waals surface area contributed by atoms with Gasteiger partial charge in [0.15, 0.2) is 4.34 Å². The molecule has 2 atom stereocenters. The zero-order chi connectivity index (χ0) is 19.8. The molecule has 1 unspecified atom stereocenters. The molecule has 0 radical (unpaired) electrons. The van der Waals surface area contributed by atoms with E-state index in [1.54, 1.807) is 18.0 Å². The summed E-state index contributed by atoms with van der Waals surface area (Å²) in [7, 11) is 0. The molecule has 0 saturated carbocycles. The molecule has 0 spiro atoms. The van der Waals surface area contributed by atoms with Gasteiger partial charge in [-0.2, -0.15) is 0 Å². The maximum absolute atomic E-state index is 12.7. The number of imidazole rings is 1. The van der Waals surface area contributed by atoms with E-state index in [-0.39, 0.29) is 17.2 Å². The zero-order valence-electron chi connectivity index (χ0n) is 14.8. The van der Waals surface area contributed by atoms with E-state index in [9.17, 15) is 9.59 Å². The van der Waals surface area contributed by atoms with Crippen molar-refractivity contribution in [3.05, 3.63) is 28.4 Å². The number of β-lactam (4-membered cyclic amide) rings is 1. The summed E-state index contributed by atoms with van der Waals surface area (Å²) in [5, 5.41) is 20.8. The van der Waals surface area contributed by atoms with Crippen molar-refractivity contribution in [3.63, 3.8) is 0 Å². The third-order valence-corrected chi connectivity index (χ3v) is 7.45. The molecule has 0 aromatic carbocycles. The molecule has 2 aromatic heterocycles. The van der Waals surface area contributed by atoms with Crippen LogP contribution in [0.3, 0.4) is 0 Å². The number of aromatic amines is 1. The van der Waals surface area contributed by atoms with Crippen LogP contribution in [0.15, 0.2) is 22.0 Å². The number of rotatable bonds is 6. The second-order valence-electron chi connectivity index (χ2n) is 6.07. The van der Waals surface area contributed by atoms with Gasteiger partial charge in [-0.05, 0) is 13.8 Å². The normalized spacial score (nSPS) is 21.4. The van der Waals surface area contributed by atoms with Gasteiger partial charge in [0.05, 0.1) is 5.69 Å². The van der Waals surface area contributed by atoms with Crippen molar-refractivity contribution < 1.29 is 19.4 Å². The number of fused-ring (bicyclic) bond motifs is 1. The Morgan fingerprint density at radius 2 is 2.32 bits per heavy atom. The summed E-state index contributed by atoms with van der Waals surface area (Å²) in [6.45, 7) is 3.71. The molecule has 28 heavy (non-hydrogen) atoms. The van der Waals surface area contributed by atoms with Gasteiger partial charge in [-0.25, -0.2) is 9.78 Å². The van der Waals surface area contributed by atoms with Gasteiger partial charge >= 0.3 is 6.16 Å². The zero-order valence-corrected chi connectivity index (χ0v) is 17.3. The summed E-state index contributed by atoms with van der Waals surface area (Å²) in [5.74, 6) is 1.38. The molecule has 148 valence electrons. The molecule has 1 amide bonds. The number of anilines is 1. The molecule has 0 aliphatic carbocycles. The minimum absolute atomic E-state index is 0.101. The number of carbonyl (C=O) groups is 2. The van der Waals surface area contributed by atoms with Crippen LogP contribution in [0, 0.1) is 13.8 Å². The summed E-state index contributed by atoms with van der Waals surface area (Å²) in [6.07, 6.45) is 0.293. The SMILES string of the molecule is Cc1c[nH]c(NC2C(=O)N3C(OC(=O)O)=C(CSc4nnc(C)s4)CS[C@@H]23)n1. The second kappa shape index (κ2) is 7.64. The number of H-pyrrole nitrogens is 1. The summed E-state index contributed by atoms with van der Waals surface area (Å²) in [5.41, 5.74) is 1.55. The summed E-state index contributed by atoms with van der Waals surface area (Å²) < 4.78 is 5.78. The molecule has 13 heteroatoms. The first-order valence-corrected chi connectivity index (χ1v) is 11.1. The van der Waals surface area contributed by atoms with Crippen molar-refractivity contribution in [2.45, 2.75) is 29.6 Å². The maximum Gasteiger partial charge on any atom is 0.512 e. The van der Waals surface area contributed by atoms with Crippen LogP contribution in [0.25, 0.3) is 0 Å². The highest BCUT2D eigenvalue weighted by atomic mass is 32.2. The van der Waals surface area contributed by atoms with Gasteiger partial charge in [-0.3, -0.25) is 9.69 Å². The van der Waals surface area contributed by atoms with Crippen LogP contribution in [0.4, 0.5) is 10.7 Å². The Bertz CT molecular complexity index is 957. The topological polar surface area (TPSA) is 133 Å². The van der Waals surface area contributed by atoms with Crippen molar-refractivity contribution in [3.8, 4) is 0 Å². The van der Waals surface area contributed by atoms with Crippen LogP contribution >= 0.6 is 34.9 Å². The van der Waals surface area contributed by atoms with Crippen molar-refractivity contribution in [1.82, 2.24) is 25.1 Å². The Morgan fingerprint density at radius 1 is 1.50 bits per heavy atom. The van der Waals surface area contributed by atoms with Crippen LogP contribution in [0.2, 0.25) is 0 Å². The van der Waals surface area contributed by atoms with Gasteiger partial charge in [-0.1, -0.05) is 23.1 Å². The molecule has 0 bridgehead atoms. The van der Waals surface area contributed by atoms with Crippen LogP contribution in [-0.4, -0.2) is 65.2 Å². The van der Waals surface area contributed by atoms with E-state index in [2.05, 4.69) is 25.5 Å². The number of hydrogen-bond acceptors (Lipinski definition) is 10. The average Bonchev–Trinajstić information content (AvgIpc) is 3.25. The fourth-order valence-electron chi connectivity index (χ4n) is 2.83. The Hall–Kier alpha value is -2.25. The second-order valence-corrected chi connectivity index (χ2v) is 9.58. The fourth-order valence-corrected chi connectivity index (χ4v) is 6.09. The van der Waals surface area contributed by atoms with Gasteiger partial charge in [0, 0.05) is 23.3 Å². The number of carboxylic acid groups (broad SMARTS) is 1. The Balaban J connectivity index is 1.51. The fraction of sp³-hybridized carbons (Fsp3) is 0.400. The first-order chi connectivity index (χ1) is 13.4. The molecule has 2 aromatic rings. The standard InChI is InChI=1S/C15H16N6O4S3/c1-6-3-16-13(17-6)18-9-10(22)21-11(25-15(23)24)8(4-26-12(9)21)5-27-14-20-19-7(2)28-14/h3,9,12H,4-5H2,1-2H3,(H,23,24)(H2,16,17,18)/t9?,12-/m0/s1. The number of carbonyl (C=O) groups excluding carboxylic acids is 1. The van der Waals surface area contributed by atoms with Crippen molar-refractivity contribution in [2.24, 2.45) is 0 Å². The lowest BCUT2D eigenvalue weighted by atomic mass is 10.1. The highest BCUT2D eigenvalue weighted by Crippen LogP contribution is 2.42. The van der Waals surface area contributed by atoms with Crippen molar-refractivity contribution in [2.75, 3.05) is 16.8 Å². The van der Waals surface area contributed by atoms with E-state index in [1.165, 1.54) is 28.0 Å². The first-order valence-electron chi connectivity index (χ1n) is 8.21. The molecule has 3 N–H and O–H groups in total. The molecule has 4 rings (SSSR count). The molecule has 2 aliphatic heterocycles. The predicted molar refractivity (Wildman–Crippen MR) is 105 cm³/mol. The number of nitrogens with one attached hydrogen (secondary N) is 2. The molecular weight excluding hydrogens is 424 g/mol. The lowest BCUT2D eigenvalue weighted by Gasteiger charge is -2.49. The number of ether oxygens (including phenoxy) is 1. The first kappa shape index (κ1) is 19.1. The number of nitrogens with zero attached hydrogens (tertiary/aromatic N) is 4. The van der Waals surface area contributed by atoms with Gasteiger partial charge in [0.1, 0.15) is 16.4 Å². The summed E-state index contributed by atoms with van der Waals surface area (Å²) in [4.78, 5) is 32.5. The lowest BCUT2D eigenvalue weighted by Crippen LogP contribution is -2.67. The largest absolute Gasteiger partial charge is 0.512 e. The summed E-state index contributed by atoms with van der Waals surface area (Å²) >= 11 is 4.46. The van der Waals surface area contributed by atoms with Gasteiger partial charge in [0.2, 0.25) is 11.8 Å². The van der Waals surface area contributed by atoms with E-state index in [4.69, 9.17) is 9.84 Å². The Kier molecular flexibility index (Phi) is 5.21. The minimum atomic E-state index is -1.44. The monoisotopic (exact) mass is 440 g/mol.